The summed E-state index contributed by atoms with van der Waals surface area (Å²) in [5.41, 5.74) is 0.570. The van der Waals surface area contributed by atoms with Crippen LogP contribution in [0, 0.1) is 6.92 Å². The van der Waals surface area contributed by atoms with E-state index >= 15 is 0 Å². The number of aromatic hydroxyl groups is 1. The second-order valence-corrected chi connectivity index (χ2v) is 4.59. The molecular weight excluding hydrogens is 268 g/mol. The first-order chi connectivity index (χ1) is 9.04. The first-order valence-corrected chi connectivity index (χ1v) is 6.08. The van der Waals surface area contributed by atoms with Crippen LogP contribution in [-0.2, 0) is 4.79 Å². The highest BCUT2D eigenvalue weighted by Crippen LogP contribution is 2.27. The summed E-state index contributed by atoms with van der Waals surface area (Å²) in [5.74, 6) is -0.675. The molecule has 0 bridgehead atoms. The van der Waals surface area contributed by atoms with Crippen molar-refractivity contribution in [3.8, 4) is 5.75 Å². The molecule has 0 aliphatic carbocycles. The van der Waals surface area contributed by atoms with E-state index in [0.717, 1.165) is 11.8 Å². The van der Waals surface area contributed by atoms with Gasteiger partial charge in [0.15, 0.2) is 0 Å². The molecule has 2 N–H and O–H groups in total. The second kappa shape index (κ2) is 5.57. The summed E-state index contributed by atoms with van der Waals surface area (Å²) in [6.07, 6.45) is 1.42. The molecular formula is C12H10N2O4S. The smallest absolute Gasteiger partial charge is 0.342 e. The minimum absolute atomic E-state index is 0.0225. The van der Waals surface area contributed by atoms with E-state index in [1.54, 1.807) is 19.1 Å². The number of aliphatic carboxylic acids is 1. The average Bonchev–Trinajstić information content (AvgIpc) is 2.74. The lowest BCUT2D eigenvalue weighted by molar-refractivity contribution is -0.131. The number of aryl methyl sites for hydroxylation is 1. The maximum atomic E-state index is 11.2. The molecule has 0 amide bonds. The molecule has 19 heavy (non-hydrogen) atoms. The van der Waals surface area contributed by atoms with E-state index in [4.69, 9.17) is 9.52 Å². The molecule has 0 saturated carbocycles. The third-order valence-corrected chi connectivity index (χ3v) is 2.94. The van der Waals surface area contributed by atoms with Crippen molar-refractivity contribution in [2.24, 2.45) is 0 Å². The maximum absolute atomic E-state index is 11.2. The van der Waals surface area contributed by atoms with Crippen molar-refractivity contribution in [1.82, 2.24) is 10.2 Å². The van der Waals surface area contributed by atoms with Crippen LogP contribution < -0.4 is 0 Å². The van der Waals surface area contributed by atoms with Crippen LogP contribution in [0.3, 0.4) is 0 Å². The highest BCUT2D eigenvalue weighted by atomic mass is 32.2. The molecule has 7 heteroatoms. The first-order valence-electron chi connectivity index (χ1n) is 5.26. The second-order valence-electron chi connectivity index (χ2n) is 3.60. The quantitative estimate of drug-likeness (QED) is 0.654. The van der Waals surface area contributed by atoms with Crippen LogP contribution in [0.2, 0.25) is 0 Å². The van der Waals surface area contributed by atoms with Gasteiger partial charge in [0.25, 0.3) is 5.22 Å². The van der Waals surface area contributed by atoms with Crippen molar-refractivity contribution < 1.29 is 19.4 Å². The van der Waals surface area contributed by atoms with Crippen LogP contribution in [0.5, 0.6) is 5.75 Å². The number of hydrogen-bond acceptors (Lipinski definition) is 6. The fraction of sp³-hybridized carbons (Fsp3) is 0.0833. The molecule has 2 aromatic rings. The Morgan fingerprint density at radius 1 is 1.42 bits per heavy atom. The molecule has 0 spiro atoms. The number of rotatable bonds is 4. The number of phenolic OH excluding ortho intramolecular Hbond substituents is 1. The normalized spacial score (nSPS) is 11.5. The summed E-state index contributed by atoms with van der Waals surface area (Å²) in [7, 11) is 0. The lowest BCUT2D eigenvalue weighted by atomic mass is 10.2. The summed E-state index contributed by atoms with van der Waals surface area (Å²) in [5, 5.41) is 26.0. The number of carboxylic acid groups (broad SMARTS) is 1. The molecule has 0 radical (unpaired) electrons. The fourth-order valence-electron chi connectivity index (χ4n) is 1.31. The van der Waals surface area contributed by atoms with Crippen molar-refractivity contribution >= 4 is 23.8 Å². The van der Waals surface area contributed by atoms with E-state index in [9.17, 15) is 9.90 Å². The van der Waals surface area contributed by atoms with Crippen molar-refractivity contribution in [2.45, 2.75) is 12.1 Å². The number of aromatic nitrogens is 2. The van der Waals surface area contributed by atoms with Gasteiger partial charge < -0.3 is 14.6 Å². The van der Waals surface area contributed by atoms with E-state index in [1.165, 1.54) is 18.2 Å². The van der Waals surface area contributed by atoms with Gasteiger partial charge in [-0.15, -0.1) is 10.2 Å². The maximum Gasteiger partial charge on any atom is 0.342 e. The fourth-order valence-corrected chi connectivity index (χ4v) is 2.03. The standard InChI is InChI=1S/C12H10N2O4S/c1-7-13-14-12(18-7)19-10(11(16)17)6-8-3-2-4-9(15)5-8/h2-6,15H,1H3,(H,16,17)/b10-6-. The molecule has 2 rings (SSSR count). The molecule has 0 unspecified atom stereocenters. The van der Waals surface area contributed by atoms with E-state index < -0.39 is 5.97 Å². The zero-order valence-electron chi connectivity index (χ0n) is 9.90. The highest BCUT2D eigenvalue weighted by molar-refractivity contribution is 8.03. The van der Waals surface area contributed by atoms with Crippen molar-refractivity contribution in [2.75, 3.05) is 0 Å². The summed E-state index contributed by atoms with van der Waals surface area (Å²) in [6.45, 7) is 1.62. The number of nitrogens with zero attached hydrogens (tertiary/aromatic N) is 2. The average molecular weight is 278 g/mol. The Kier molecular flexibility index (Phi) is 3.86. The van der Waals surface area contributed by atoms with Gasteiger partial charge in [0.2, 0.25) is 5.89 Å². The number of hydrogen-bond donors (Lipinski definition) is 2. The summed E-state index contributed by atoms with van der Waals surface area (Å²) < 4.78 is 5.11. The van der Waals surface area contributed by atoms with Gasteiger partial charge in [0, 0.05) is 6.92 Å². The minimum atomic E-state index is -1.11. The SMILES string of the molecule is Cc1nnc(S/C(=C\c2cccc(O)c2)C(=O)O)o1. The highest BCUT2D eigenvalue weighted by Gasteiger charge is 2.14. The lowest BCUT2D eigenvalue weighted by Gasteiger charge is -1.99. The predicted octanol–water partition coefficient (Wildman–Crippen LogP) is 2.30. The first kappa shape index (κ1) is 13.2. The Labute approximate surface area is 112 Å². The van der Waals surface area contributed by atoms with Gasteiger partial charge in [-0.05, 0) is 35.5 Å². The van der Waals surface area contributed by atoms with Crippen molar-refractivity contribution in [3.63, 3.8) is 0 Å². The third-order valence-electron chi connectivity index (χ3n) is 2.08. The molecule has 1 aromatic heterocycles. The van der Waals surface area contributed by atoms with Gasteiger partial charge >= 0.3 is 5.97 Å². The summed E-state index contributed by atoms with van der Waals surface area (Å²) in [4.78, 5) is 11.2. The predicted molar refractivity (Wildman–Crippen MR) is 68.6 cm³/mol. The largest absolute Gasteiger partial charge is 0.508 e. The molecule has 0 saturated heterocycles. The molecule has 0 atom stereocenters. The summed E-state index contributed by atoms with van der Waals surface area (Å²) in [6, 6.07) is 6.28. The topological polar surface area (TPSA) is 96.5 Å². The molecule has 0 aliphatic rings. The van der Waals surface area contributed by atoms with E-state index in [2.05, 4.69) is 10.2 Å². The zero-order chi connectivity index (χ0) is 13.8. The third kappa shape index (κ3) is 3.59. The lowest BCUT2D eigenvalue weighted by Crippen LogP contribution is -1.96. The zero-order valence-corrected chi connectivity index (χ0v) is 10.7. The Morgan fingerprint density at radius 3 is 2.79 bits per heavy atom. The number of thioether (sulfide) groups is 1. The number of phenols is 1. The molecule has 0 aliphatic heterocycles. The molecule has 98 valence electrons. The summed E-state index contributed by atoms with van der Waals surface area (Å²) >= 11 is 0.858. The minimum Gasteiger partial charge on any atom is -0.508 e. The number of carbonyl (C=O) groups is 1. The van der Waals surface area contributed by atoms with E-state index in [-0.39, 0.29) is 15.9 Å². The molecule has 6 nitrogen and oxygen atoms in total. The van der Waals surface area contributed by atoms with E-state index in [0.29, 0.717) is 11.5 Å². The number of carboxylic acids is 1. The van der Waals surface area contributed by atoms with E-state index in [1.807, 2.05) is 0 Å². The van der Waals surface area contributed by atoms with Crippen LogP contribution >= 0.6 is 11.8 Å². The number of benzene rings is 1. The Morgan fingerprint density at radius 2 is 2.21 bits per heavy atom. The van der Waals surface area contributed by atoms with Crippen molar-refractivity contribution in [1.29, 1.82) is 0 Å². The Hall–Kier alpha value is -2.28. The van der Waals surface area contributed by atoms with Crippen LogP contribution in [0.25, 0.3) is 6.08 Å². The monoisotopic (exact) mass is 278 g/mol. The van der Waals surface area contributed by atoms with Gasteiger partial charge in [-0.1, -0.05) is 12.1 Å². The van der Waals surface area contributed by atoms with Gasteiger partial charge in [0.1, 0.15) is 10.7 Å². The Bertz CT molecular complexity index is 636. The Balaban J connectivity index is 2.27. The molecule has 0 fully saturated rings. The van der Waals surface area contributed by atoms with Gasteiger partial charge in [-0.25, -0.2) is 4.79 Å². The van der Waals surface area contributed by atoms with Crippen LogP contribution in [0.1, 0.15) is 11.5 Å². The molecule has 1 heterocycles. The van der Waals surface area contributed by atoms with Gasteiger partial charge in [0.05, 0.1) is 0 Å². The van der Waals surface area contributed by atoms with Crippen molar-refractivity contribution in [3.05, 3.63) is 40.6 Å². The van der Waals surface area contributed by atoms with Gasteiger partial charge in [-0.2, -0.15) is 0 Å². The van der Waals surface area contributed by atoms with Gasteiger partial charge in [-0.3, -0.25) is 0 Å². The molecule has 1 aromatic carbocycles. The van der Waals surface area contributed by atoms with Crippen LogP contribution in [0.15, 0.2) is 38.8 Å². The van der Waals surface area contributed by atoms with Crippen LogP contribution in [0.4, 0.5) is 0 Å². The van der Waals surface area contributed by atoms with Crippen LogP contribution in [-0.4, -0.2) is 26.4 Å².